The number of carbonyl (C=O) groups is 2. The quantitative estimate of drug-likeness (QED) is 0.624. The summed E-state index contributed by atoms with van der Waals surface area (Å²) < 4.78 is 45.0. The molecule has 0 unspecified atom stereocenters. The Morgan fingerprint density at radius 2 is 1.94 bits per heavy atom. The van der Waals surface area contributed by atoms with Crippen LogP contribution >= 0.6 is 11.6 Å². The van der Waals surface area contributed by atoms with Crippen LogP contribution in [-0.2, 0) is 19.1 Å². The van der Waals surface area contributed by atoms with E-state index in [1.807, 2.05) is 6.92 Å². The van der Waals surface area contributed by atoms with Crippen molar-refractivity contribution >= 4 is 23.2 Å². The Bertz CT molecular complexity index is 964. The topological polar surface area (TPSA) is 72.8 Å². The van der Waals surface area contributed by atoms with Crippen LogP contribution in [0.3, 0.4) is 0 Å². The van der Waals surface area contributed by atoms with E-state index in [0.29, 0.717) is 6.42 Å². The van der Waals surface area contributed by atoms with Crippen molar-refractivity contribution in [2.45, 2.75) is 82.4 Å². The molecule has 5 aliphatic rings. The molecule has 1 N–H and O–H groups in total. The van der Waals surface area contributed by atoms with Crippen molar-refractivity contribution in [2.75, 3.05) is 5.88 Å². The van der Waals surface area contributed by atoms with Crippen LogP contribution in [0.1, 0.15) is 47.0 Å². The normalized spacial score (nSPS) is 53.2. The van der Waals surface area contributed by atoms with Gasteiger partial charge in [-0.2, -0.15) is 0 Å². The standard InChI is InChI=1S/C24H29ClF2O5/c1-20(2)31-19-9-13-14-8-16(26)15-7-12(28)5-6-21(15,3)23(14,27)17(29)10-22(13,4)24(19,32-20)18(30)11-25/h5-7,13-14,16-17,19,29H,8-11H2,1-4H3/t13-,14-,16-,17-,19+,21-,22-,23-,24+/m0/s1. The number of alkyl halides is 3. The van der Waals surface area contributed by atoms with Crippen LogP contribution in [0.15, 0.2) is 23.8 Å². The molecule has 4 fully saturated rings. The highest BCUT2D eigenvalue weighted by Gasteiger charge is 2.80. The lowest BCUT2D eigenvalue weighted by Crippen LogP contribution is -2.71. The van der Waals surface area contributed by atoms with Crippen LogP contribution in [0.25, 0.3) is 0 Å². The van der Waals surface area contributed by atoms with Crippen molar-refractivity contribution in [3.05, 3.63) is 23.8 Å². The number of hydrogen-bond donors (Lipinski definition) is 1. The van der Waals surface area contributed by atoms with E-state index in [9.17, 15) is 14.7 Å². The van der Waals surface area contributed by atoms with Crippen molar-refractivity contribution in [3.63, 3.8) is 0 Å². The van der Waals surface area contributed by atoms with Gasteiger partial charge in [-0.25, -0.2) is 8.78 Å². The van der Waals surface area contributed by atoms with Crippen LogP contribution in [-0.4, -0.2) is 58.0 Å². The molecule has 1 aliphatic heterocycles. The summed E-state index contributed by atoms with van der Waals surface area (Å²) in [6.45, 7) is 6.80. The number of Topliss-reactive ketones (excluding diaryl/α,β-unsaturated/α-hetero) is 1. The number of ketones is 2. The number of rotatable bonds is 2. The van der Waals surface area contributed by atoms with Gasteiger partial charge >= 0.3 is 0 Å². The first-order valence-electron chi connectivity index (χ1n) is 11.2. The fourth-order valence-corrected chi connectivity index (χ4v) is 8.10. The van der Waals surface area contributed by atoms with Crippen molar-refractivity contribution < 1.29 is 33.0 Å². The molecule has 8 heteroatoms. The van der Waals surface area contributed by atoms with Gasteiger partial charge in [-0.15, -0.1) is 11.6 Å². The third-order valence-electron chi connectivity index (χ3n) is 9.16. The predicted molar refractivity (Wildman–Crippen MR) is 113 cm³/mol. The molecule has 4 aliphatic carbocycles. The zero-order chi connectivity index (χ0) is 23.5. The first kappa shape index (κ1) is 22.6. The second kappa shape index (κ2) is 6.49. The fraction of sp³-hybridized carbons (Fsp3) is 0.750. The van der Waals surface area contributed by atoms with Crippen molar-refractivity contribution in [1.29, 1.82) is 0 Å². The van der Waals surface area contributed by atoms with Gasteiger partial charge in [0.2, 0.25) is 0 Å². The van der Waals surface area contributed by atoms with Gasteiger partial charge in [-0.1, -0.05) is 13.0 Å². The van der Waals surface area contributed by atoms with Crippen LogP contribution < -0.4 is 0 Å². The summed E-state index contributed by atoms with van der Waals surface area (Å²) in [5.74, 6) is -3.47. The first-order valence-corrected chi connectivity index (χ1v) is 11.7. The number of aliphatic hydroxyl groups is 1. The number of allylic oxidation sites excluding steroid dienone is 4. The molecule has 0 spiro atoms. The largest absolute Gasteiger partial charge is 0.390 e. The Kier molecular flexibility index (Phi) is 4.59. The molecule has 0 aromatic rings. The van der Waals surface area contributed by atoms with Crippen molar-refractivity contribution in [2.24, 2.45) is 22.7 Å². The Morgan fingerprint density at radius 3 is 2.59 bits per heavy atom. The summed E-state index contributed by atoms with van der Waals surface area (Å²) in [6, 6.07) is 0. The summed E-state index contributed by atoms with van der Waals surface area (Å²) in [4.78, 5) is 25.2. The zero-order valence-corrected chi connectivity index (χ0v) is 19.4. The predicted octanol–water partition coefficient (Wildman–Crippen LogP) is 3.61. The highest BCUT2D eigenvalue weighted by atomic mass is 35.5. The second-order valence-corrected chi connectivity index (χ2v) is 11.3. The molecule has 1 heterocycles. The van der Waals surface area contributed by atoms with Gasteiger partial charge in [0, 0.05) is 16.7 Å². The maximum Gasteiger partial charge on any atom is 0.182 e. The van der Waals surface area contributed by atoms with E-state index in [1.54, 1.807) is 20.8 Å². The van der Waals surface area contributed by atoms with Crippen molar-refractivity contribution in [3.8, 4) is 0 Å². The minimum absolute atomic E-state index is 0.0646. The van der Waals surface area contributed by atoms with Gasteiger partial charge in [0.1, 0.15) is 6.17 Å². The molecule has 176 valence electrons. The Balaban J connectivity index is 1.66. The summed E-state index contributed by atoms with van der Waals surface area (Å²) in [7, 11) is 0. The van der Waals surface area contributed by atoms with Gasteiger partial charge in [0.25, 0.3) is 0 Å². The third-order valence-corrected chi connectivity index (χ3v) is 9.40. The molecule has 0 radical (unpaired) electrons. The maximum atomic E-state index is 17.2. The molecule has 9 atom stereocenters. The Hall–Kier alpha value is -1.15. The molecule has 0 aromatic heterocycles. The molecule has 0 bridgehead atoms. The minimum Gasteiger partial charge on any atom is -0.390 e. The number of fused-ring (bicyclic) bond motifs is 7. The number of halogens is 3. The Labute approximate surface area is 191 Å². The van der Waals surface area contributed by atoms with Crippen LogP contribution in [0, 0.1) is 22.7 Å². The highest BCUT2D eigenvalue weighted by molar-refractivity contribution is 6.29. The lowest BCUT2D eigenvalue weighted by Gasteiger charge is -2.63. The molecule has 0 aromatic carbocycles. The smallest absolute Gasteiger partial charge is 0.182 e. The Morgan fingerprint density at radius 1 is 1.25 bits per heavy atom. The summed E-state index contributed by atoms with van der Waals surface area (Å²) in [5.41, 5.74) is -6.03. The average molecular weight is 471 g/mol. The van der Waals surface area contributed by atoms with Gasteiger partial charge < -0.3 is 14.6 Å². The lowest BCUT2D eigenvalue weighted by molar-refractivity contribution is -0.247. The highest BCUT2D eigenvalue weighted by Crippen LogP contribution is 2.72. The summed E-state index contributed by atoms with van der Waals surface area (Å²) >= 11 is 6.00. The average Bonchev–Trinajstić information content (AvgIpc) is 3.11. The summed E-state index contributed by atoms with van der Waals surface area (Å²) in [5, 5.41) is 11.4. The van der Waals surface area contributed by atoms with E-state index >= 15 is 8.78 Å². The van der Waals surface area contributed by atoms with E-state index in [4.69, 9.17) is 21.1 Å². The lowest BCUT2D eigenvalue weighted by atomic mass is 9.44. The number of aliphatic hydroxyl groups excluding tert-OH is 1. The van der Waals surface area contributed by atoms with Gasteiger partial charge in [-0.3, -0.25) is 9.59 Å². The molecule has 0 amide bonds. The molecule has 5 rings (SSSR count). The van der Waals surface area contributed by atoms with Gasteiger partial charge in [-0.05, 0) is 63.7 Å². The molecule has 1 saturated heterocycles. The van der Waals surface area contributed by atoms with Crippen LogP contribution in [0.2, 0.25) is 0 Å². The van der Waals surface area contributed by atoms with Crippen LogP contribution in [0.4, 0.5) is 8.78 Å². The second-order valence-electron chi connectivity index (χ2n) is 11.0. The SMILES string of the molecule is CC1(C)O[C@@H]2C[C@H]3[C@@H]4C[C@H](F)C5=CC(=O)C=C[C@]5(C)[C@@]4(F)[C@@H](O)C[C@]3(C)[C@]2(C(=O)CCl)O1. The van der Waals surface area contributed by atoms with E-state index in [1.165, 1.54) is 18.2 Å². The number of hydrogen-bond acceptors (Lipinski definition) is 5. The number of ether oxygens (including phenoxy) is 2. The molecule has 32 heavy (non-hydrogen) atoms. The molecular formula is C24H29ClF2O5. The van der Waals surface area contributed by atoms with Gasteiger partial charge in [0.15, 0.2) is 28.6 Å². The third kappa shape index (κ3) is 2.39. The van der Waals surface area contributed by atoms with E-state index in [-0.39, 0.29) is 35.9 Å². The number of carbonyl (C=O) groups excluding carboxylic acids is 2. The van der Waals surface area contributed by atoms with Gasteiger partial charge in [0.05, 0.1) is 18.1 Å². The molecular weight excluding hydrogens is 442 g/mol. The zero-order valence-electron chi connectivity index (χ0n) is 18.7. The minimum atomic E-state index is -2.21. The molecule has 3 saturated carbocycles. The van der Waals surface area contributed by atoms with E-state index in [0.717, 1.165) is 0 Å². The van der Waals surface area contributed by atoms with E-state index < -0.39 is 58.1 Å². The fourth-order valence-electron chi connectivity index (χ4n) is 7.90. The maximum absolute atomic E-state index is 17.2. The monoisotopic (exact) mass is 470 g/mol. The van der Waals surface area contributed by atoms with Crippen LogP contribution in [0.5, 0.6) is 0 Å². The van der Waals surface area contributed by atoms with E-state index in [2.05, 4.69) is 0 Å². The van der Waals surface area contributed by atoms with Crippen molar-refractivity contribution in [1.82, 2.24) is 0 Å². The molecule has 5 nitrogen and oxygen atoms in total. The summed E-state index contributed by atoms with van der Waals surface area (Å²) in [6.07, 6.45) is 0.171. The first-order chi connectivity index (χ1) is 14.8.